The number of halogens is 1. The standard InChI is InChI=1S/C18H24N4O3.ClH/c1-3-16-20-15(22-25-16)10-24-14-8-4-12(5-9-14)17(23)21-18(2,11-19)13-6-7-13;/h4-5,8-9,13H,3,6-7,10-11,19H2,1-2H3,(H,21,23);1H. The SMILES string of the molecule is CCc1nc(COc2ccc(C(=O)NC(C)(CN)C3CC3)cc2)no1.Cl. The van der Waals surface area contributed by atoms with Crippen LogP contribution < -0.4 is 15.8 Å². The molecule has 1 aliphatic carbocycles. The van der Waals surface area contributed by atoms with Gasteiger partial charge in [0, 0.05) is 18.5 Å². The van der Waals surface area contributed by atoms with E-state index in [-0.39, 0.29) is 30.5 Å². The third kappa shape index (κ3) is 4.74. The quantitative estimate of drug-likeness (QED) is 0.729. The number of nitrogens with one attached hydrogen (secondary N) is 1. The van der Waals surface area contributed by atoms with Crippen LogP contribution in [0.1, 0.15) is 48.8 Å². The smallest absolute Gasteiger partial charge is 0.251 e. The molecule has 0 saturated heterocycles. The molecule has 2 aromatic rings. The summed E-state index contributed by atoms with van der Waals surface area (Å²) in [6, 6.07) is 6.99. The number of rotatable bonds is 8. The zero-order valence-corrected chi connectivity index (χ0v) is 15.8. The van der Waals surface area contributed by atoms with Crippen LogP contribution in [0.5, 0.6) is 5.75 Å². The van der Waals surface area contributed by atoms with Crippen molar-refractivity contribution >= 4 is 18.3 Å². The number of nitrogens with zero attached hydrogens (tertiary/aromatic N) is 2. The molecule has 1 fully saturated rings. The molecule has 1 heterocycles. The maximum absolute atomic E-state index is 12.4. The Morgan fingerprint density at radius 2 is 2.08 bits per heavy atom. The van der Waals surface area contributed by atoms with E-state index in [1.165, 1.54) is 0 Å². The van der Waals surface area contributed by atoms with E-state index in [1.807, 2.05) is 13.8 Å². The Hall–Kier alpha value is -2.12. The molecule has 8 heteroatoms. The molecule has 3 rings (SSSR count). The number of aromatic nitrogens is 2. The second-order valence-corrected chi connectivity index (χ2v) is 6.62. The van der Waals surface area contributed by atoms with Crippen molar-refractivity contribution in [3.8, 4) is 5.75 Å². The first-order valence-electron chi connectivity index (χ1n) is 8.61. The van der Waals surface area contributed by atoms with Crippen LogP contribution in [0.2, 0.25) is 0 Å². The van der Waals surface area contributed by atoms with Gasteiger partial charge in [-0.15, -0.1) is 12.4 Å². The van der Waals surface area contributed by atoms with Gasteiger partial charge in [-0.3, -0.25) is 4.79 Å². The molecule has 1 saturated carbocycles. The van der Waals surface area contributed by atoms with Gasteiger partial charge < -0.3 is 20.3 Å². The number of carbonyl (C=O) groups is 1. The normalized spacial score (nSPS) is 15.7. The van der Waals surface area contributed by atoms with Crippen molar-refractivity contribution in [1.82, 2.24) is 15.5 Å². The molecular formula is C18H25ClN4O3. The number of hydrogen-bond acceptors (Lipinski definition) is 6. The molecule has 0 aliphatic heterocycles. The number of carbonyl (C=O) groups excluding carboxylic acids is 1. The second kappa shape index (κ2) is 8.51. The van der Waals surface area contributed by atoms with Gasteiger partial charge in [-0.05, 0) is 49.9 Å². The Balaban J connectivity index is 0.00000243. The Bertz CT molecular complexity index is 730. The van der Waals surface area contributed by atoms with Gasteiger partial charge in [0.05, 0.1) is 5.54 Å². The number of ether oxygens (including phenoxy) is 1. The maximum atomic E-state index is 12.4. The summed E-state index contributed by atoms with van der Waals surface area (Å²) in [5.41, 5.74) is 6.10. The van der Waals surface area contributed by atoms with Crippen molar-refractivity contribution in [2.24, 2.45) is 11.7 Å². The Morgan fingerprint density at radius 1 is 1.38 bits per heavy atom. The summed E-state index contributed by atoms with van der Waals surface area (Å²) in [4.78, 5) is 16.6. The van der Waals surface area contributed by atoms with Crippen LogP contribution in [0.15, 0.2) is 28.8 Å². The van der Waals surface area contributed by atoms with Crippen LogP contribution in [0, 0.1) is 5.92 Å². The van der Waals surface area contributed by atoms with Gasteiger partial charge in [-0.1, -0.05) is 12.1 Å². The molecule has 0 radical (unpaired) electrons. The van der Waals surface area contributed by atoms with Crippen LogP contribution in [0.3, 0.4) is 0 Å². The highest BCUT2D eigenvalue weighted by molar-refractivity contribution is 5.94. The molecule has 142 valence electrons. The fraction of sp³-hybridized carbons (Fsp3) is 0.500. The van der Waals surface area contributed by atoms with Gasteiger partial charge in [-0.2, -0.15) is 4.98 Å². The van der Waals surface area contributed by atoms with Crippen molar-refractivity contribution in [2.75, 3.05) is 6.54 Å². The van der Waals surface area contributed by atoms with Crippen molar-refractivity contribution in [1.29, 1.82) is 0 Å². The number of hydrogen-bond donors (Lipinski definition) is 2. The summed E-state index contributed by atoms with van der Waals surface area (Å²) in [5, 5.41) is 6.90. The molecule has 0 bridgehead atoms. The summed E-state index contributed by atoms with van der Waals surface area (Å²) in [6.45, 7) is 4.62. The van der Waals surface area contributed by atoms with Gasteiger partial charge in [0.1, 0.15) is 5.75 Å². The highest BCUT2D eigenvalue weighted by atomic mass is 35.5. The van der Waals surface area contributed by atoms with E-state index in [1.54, 1.807) is 24.3 Å². The van der Waals surface area contributed by atoms with E-state index in [0.717, 1.165) is 12.8 Å². The molecule has 7 nitrogen and oxygen atoms in total. The highest BCUT2D eigenvalue weighted by Crippen LogP contribution is 2.39. The van der Waals surface area contributed by atoms with Crippen molar-refractivity contribution < 1.29 is 14.1 Å². The molecule has 3 N–H and O–H groups in total. The fourth-order valence-corrected chi connectivity index (χ4v) is 2.71. The molecule has 1 aromatic carbocycles. The minimum absolute atomic E-state index is 0. The Kier molecular flexibility index (Phi) is 6.61. The summed E-state index contributed by atoms with van der Waals surface area (Å²) in [5.74, 6) is 2.10. The van der Waals surface area contributed by atoms with Crippen molar-refractivity contribution in [2.45, 2.75) is 45.3 Å². The molecule has 1 aliphatic rings. The summed E-state index contributed by atoms with van der Waals surface area (Å²) in [7, 11) is 0. The summed E-state index contributed by atoms with van der Waals surface area (Å²) < 4.78 is 10.6. The topological polar surface area (TPSA) is 103 Å². The molecule has 0 spiro atoms. The first-order valence-corrected chi connectivity index (χ1v) is 8.61. The first kappa shape index (κ1) is 20.2. The Labute approximate surface area is 159 Å². The van der Waals surface area contributed by atoms with Gasteiger partial charge in [-0.25, -0.2) is 0 Å². The minimum atomic E-state index is -0.331. The zero-order chi connectivity index (χ0) is 17.9. The predicted molar refractivity (Wildman–Crippen MR) is 99.3 cm³/mol. The average Bonchev–Trinajstić information content (AvgIpc) is 3.40. The lowest BCUT2D eigenvalue weighted by atomic mass is 9.95. The number of aryl methyl sites for hydroxylation is 1. The lowest BCUT2D eigenvalue weighted by Gasteiger charge is -2.29. The number of nitrogens with two attached hydrogens (primary N) is 1. The van der Waals surface area contributed by atoms with E-state index in [4.69, 9.17) is 15.0 Å². The summed E-state index contributed by atoms with van der Waals surface area (Å²) >= 11 is 0. The predicted octanol–water partition coefficient (Wildman–Crippen LogP) is 2.49. The van der Waals surface area contributed by atoms with Gasteiger partial charge in [0.2, 0.25) is 11.7 Å². The van der Waals surface area contributed by atoms with Crippen LogP contribution in [-0.4, -0.2) is 28.1 Å². The second-order valence-electron chi connectivity index (χ2n) is 6.62. The van der Waals surface area contributed by atoms with E-state index < -0.39 is 0 Å². The number of benzene rings is 1. The minimum Gasteiger partial charge on any atom is -0.485 e. The molecule has 1 unspecified atom stereocenters. The number of amides is 1. The first-order chi connectivity index (χ1) is 12.0. The molecular weight excluding hydrogens is 356 g/mol. The third-order valence-corrected chi connectivity index (χ3v) is 4.60. The third-order valence-electron chi connectivity index (χ3n) is 4.60. The van der Waals surface area contributed by atoms with Gasteiger partial charge >= 0.3 is 0 Å². The van der Waals surface area contributed by atoms with E-state index in [9.17, 15) is 4.79 Å². The van der Waals surface area contributed by atoms with Crippen LogP contribution in [-0.2, 0) is 13.0 Å². The molecule has 1 amide bonds. The zero-order valence-electron chi connectivity index (χ0n) is 15.0. The van der Waals surface area contributed by atoms with E-state index in [2.05, 4.69) is 15.5 Å². The largest absolute Gasteiger partial charge is 0.485 e. The highest BCUT2D eigenvalue weighted by Gasteiger charge is 2.41. The lowest BCUT2D eigenvalue weighted by molar-refractivity contribution is 0.0898. The van der Waals surface area contributed by atoms with Crippen molar-refractivity contribution in [3.05, 3.63) is 41.5 Å². The van der Waals surface area contributed by atoms with Gasteiger partial charge in [0.15, 0.2) is 6.61 Å². The van der Waals surface area contributed by atoms with Crippen molar-refractivity contribution in [3.63, 3.8) is 0 Å². The summed E-state index contributed by atoms with van der Waals surface area (Å²) in [6.07, 6.45) is 2.94. The maximum Gasteiger partial charge on any atom is 0.251 e. The lowest BCUT2D eigenvalue weighted by Crippen LogP contribution is -2.53. The fourth-order valence-electron chi connectivity index (χ4n) is 2.71. The van der Waals surface area contributed by atoms with E-state index in [0.29, 0.717) is 41.9 Å². The average molecular weight is 381 g/mol. The van der Waals surface area contributed by atoms with E-state index >= 15 is 0 Å². The van der Waals surface area contributed by atoms with Crippen LogP contribution in [0.25, 0.3) is 0 Å². The van der Waals surface area contributed by atoms with Crippen LogP contribution >= 0.6 is 12.4 Å². The Morgan fingerprint density at radius 3 is 2.62 bits per heavy atom. The van der Waals surface area contributed by atoms with Gasteiger partial charge in [0.25, 0.3) is 5.91 Å². The monoisotopic (exact) mass is 380 g/mol. The molecule has 26 heavy (non-hydrogen) atoms. The molecule has 1 aromatic heterocycles. The molecule has 1 atom stereocenters. The van der Waals surface area contributed by atoms with Crippen LogP contribution in [0.4, 0.5) is 0 Å².